The first kappa shape index (κ1) is 17.2. The number of hydrogen-bond donors (Lipinski definition) is 2. The number of aryl methyl sites for hydroxylation is 1. The van der Waals surface area contributed by atoms with Crippen molar-refractivity contribution in [3.63, 3.8) is 0 Å². The fourth-order valence-corrected chi connectivity index (χ4v) is 3.25. The minimum Gasteiger partial charge on any atom is -0.352 e. The van der Waals surface area contributed by atoms with E-state index in [-0.39, 0.29) is 11.8 Å². The fourth-order valence-electron chi connectivity index (χ4n) is 3.25. The highest BCUT2D eigenvalue weighted by Crippen LogP contribution is 2.27. The number of benzene rings is 2. The lowest BCUT2D eigenvalue weighted by Gasteiger charge is -2.19. The molecule has 25 heavy (non-hydrogen) atoms. The molecule has 0 fully saturated rings. The number of hydrogen-bond acceptors (Lipinski definition) is 2. The minimum absolute atomic E-state index is 0.00735. The second kappa shape index (κ2) is 8.47. The summed E-state index contributed by atoms with van der Waals surface area (Å²) < 4.78 is 0. The van der Waals surface area contributed by atoms with Crippen LogP contribution in [0.3, 0.4) is 0 Å². The quantitative estimate of drug-likeness (QED) is 0.790. The van der Waals surface area contributed by atoms with E-state index in [1.165, 1.54) is 24.0 Å². The summed E-state index contributed by atoms with van der Waals surface area (Å²) in [6.07, 6.45) is 5.58. The number of amides is 2. The van der Waals surface area contributed by atoms with Crippen LogP contribution in [0.5, 0.6) is 0 Å². The molecule has 130 valence electrons. The van der Waals surface area contributed by atoms with Gasteiger partial charge in [0.05, 0.1) is 0 Å². The highest BCUT2D eigenvalue weighted by molar-refractivity contribution is 5.94. The first-order valence-corrected chi connectivity index (χ1v) is 8.98. The number of carbonyl (C=O) groups excluding carboxylic acids is 2. The van der Waals surface area contributed by atoms with E-state index >= 15 is 0 Å². The Labute approximate surface area is 148 Å². The maximum absolute atomic E-state index is 12.2. The molecule has 3 rings (SSSR count). The molecule has 0 aromatic heterocycles. The molecule has 4 nitrogen and oxygen atoms in total. The second-order valence-electron chi connectivity index (χ2n) is 6.42. The lowest BCUT2D eigenvalue weighted by molar-refractivity contribution is -0.116. The van der Waals surface area contributed by atoms with Crippen molar-refractivity contribution in [2.45, 2.75) is 38.5 Å². The summed E-state index contributed by atoms with van der Waals surface area (Å²) in [5, 5.41) is 5.89. The molecule has 0 heterocycles. The van der Waals surface area contributed by atoms with E-state index in [2.05, 4.69) is 16.7 Å². The molecule has 4 heteroatoms. The van der Waals surface area contributed by atoms with Gasteiger partial charge in [-0.2, -0.15) is 0 Å². The second-order valence-corrected chi connectivity index (χ2v) is 6.42. The Hall–Kier alpha value is -2.62. The standard InChI is InChI=1S/C21H24N2O2/c24-20(14-7-15-22-21(25)17-9-2-1-3-10-17)23-19-13-6-11-16-8-4-5-12-18(16)19/h1-3,6,9-11,13H,4-5,7-8,12,14-15H2,(H,22,25)(H,23,24). The van der Waals surface area contributed by atoms with Gasteiger partial charge in [-0.15, -0.1) is 0 Å². The molecule has 2 aromatic carbocycles. The molecule has 2 aromatic rings. The molecular weight excluding hydrogens is 312 g/mol. The van der Waals surface area contributed by atoms with Crippen molar-refractivity contribution >= 4 is 17.5 Å². The number of rotatable bonds is 6. The molecular formula is C21H24N2O2. The summed E-state index contributed by atoms with van der Waals surface area (Å²) in [5.41, 5.74) is 4.25. The van der Waals surface area contributed by atoms with Crippen LogP contribution in [0.1, 0.15) is 47.2 Å². The summed E-state index contributed by atoms with van der Waals surface area (Å²) in [4.78, 5) is 24.1. The predicted octanol–water partition coefficient (Wildman–Crippen LogP) is 3.71. The van der Waals surface area contributed by atoms with Gasteiger partial charge >= 0.3 is 0 Å². The molecule has 1 aliphatic carbocycles. The molecule has 0 bridgehead atoms. The Kier molecular flexibility index (Phi) is 5.83. The van der Waals surface area contributed by atoms with Crippen LogP contribution in [0.2, 0.25) is 0 Å². The number of fused-ring (bicyclic) bond motifs is 1. The van der Waals surface area contributed by atoms with Gasteiger partial charge in [0.25, 0.3) is 5.91 Å². The van der Waals surface area contributed by atoms with E-state index in [9.17, 15) is 9.59 Å². The first-order chi connectivity index (χ1) is 12.2. The third-order valence-corrected chi connectivity index (χ3v) is 4.57. The largest absolute Gasteiger partial charge is 0.352 e. The Morgan fingerprint density at radius 1 is 0.920 bits per heavy atom. The van der Waals surface area contributed by atoms with Gasteiger partial charge in [-0.3, -0.25) is 9.59 Å². The van der Waals surface area contributed by atoms with Gasteiger partial charge in [0.1, 0.15) is 0 Å². The normalized spacial score (nSPS) is 13.0. The zero-order valence-corrected chi connectivity index (χ0v) is 14.4. The smallest absolute Gasteiger partial charge is 0.251 e. The average Bonchev–Trinajstić information content (AvgIpc) is 2.66. The molecule has 1 aliphatic rings. The summed E-state index contributed by atoms with van der Waals surface area (Å²) >= 11 is 0. The number of anilines is 1. The zero-order chi connectivity index (χ0) is 17.5. The van der Waals surface area contributed by atoms with Crippen LogP contribution in [0, 0.1) is 0 Å². The van der Waals surface area contributed by atoms with Crippen LogP contribution in [0.25, 0.3) is 0 Å². The number of carbonyl (C=O) groups is 2. The van der Waals surface area contributed by atoms with E-state index < -0.39 is 0 Å². The van der Waals surface area contributed by atoms with E-state index in [0.717, 1.165) is 18.5 Å². The van der Waals surface area contributed by atoms with Crippen LogP contribution in [0.15, 0.2) is 48.5 Å². The van der Waals surface area contributed by atoms with Crippen LogP contribution in [0.4, 0.5) is 5.69 Å². The summed E-state index contributed by atoms with van der Waals surface area (Å²) in [7, 11) is 0. The zero-order valence-electron chi connectivity index (χ0n) is 14.4. The van der Waals surface area contributed by atoms with Crippen molar-refractivity contribution in [1.29, 1.82) is 0 Å². The molecule has 0 atom stereocenters. The molecule has 0 saturated carbocycles. The van der Waals surface area contributed by atoms with Crippen molar-refractivity contribution in [3.8, 4) is 0 Å². The van der Waals surface area contributed by atoms with Crippen molar-refractivity contribution in [2.75, 3.05) is 11.9 Å². The molecule has 0 spiro atoms. The SMILES string of the molecule is O=C(CCCNC(=O)c1ccccc1)Nc1cccc2c1CCCC2. The minimum atomic E-state index is -0.0989. The molecule has 0 saturated heterocycles. The molecule has 0 unspecified atom stereocenters. The number of nitrogens with one attached hydrogen (secondary N) is 2. The molecule has 0 aliphatic heterocycles. The summed E-state index contributed by atoms with van der Waals surface area (Å²) in [6.45, 7) is 0.494. The van der Waals surface area contributed by atoms with Crippen molar-refractivity contribution in [3.05, 3.63) is 65.2 Å². The molecule has 2 amide bonds. The lowest BCUT2D eigenvalue weighted by Crippen LogP contribution is -2.25. The van der Waals surface area contributed by atoms with Gasteiger partial charge in [-0.25, -0.2) is 0 Å². The van der Waals surface area contributed by atoms with Gasteiger partial charge in [0.15, 0.2) is 0 Å². The van der Waals surface area contributed by atoms with Crippen LogP contribution in [-0.2, 0) is 17.6 Å². The molecule has 2 N–H and O–H groups in total. The van der Waals surface area contributed by atoms with E-state index in [0.29, 0.717) is 24.9 Å². The van der Waals surface area contributed by atoms with Gasteiger partial charge in [-0.05, 0) is 61.4 Å². The van der Waals surface area contributed by atoms with Crippen LogP contribution in [-0.4, -0.2) is 18.4 Å². The van der Waals surface area contributed by atoms with Gasteiger partial charge < -0.3 is 10.6 Å². The Morgan fingerprint density at radius 2 is 1.72 bits per heavy atom. The van der Waals surface area contributed by atoms with Crippen LogP contribution < -0.4 is 10.6 Å². The average molecular weight is 336 g/mol. The Morgan fingerprint density at radius 3 is 2.56 bits per heavy atom. The van der Waals surface area contributed by atoms with Crippen molar-refractivity contribution < 1.29 is 9.59 Å². The monoisotopic (exact) mass is 336 g/mol. The van der Waals surface area contributed by atoms with Crippen molar-refractivity contribution in [2.24, 2.45) is 0 Å². The third-order valence-electron chi connectivity index (χ3n) is 4.57. The first-order valence-electron chi connectivity index (χ1n) is 8.98. The van der Waals surface area contributed by atoms with E-state index in [1.54, 1.807) is 12.1 Å². The Bertz CT molecular complexity index is 741. The topological polar surface area (TPSA) is 58.2 Å². The highest BCUT2D eigenvalue weighted by atomic mass is 16.2. The predicted molar refractivity (Wildman–Crippen MR) is 99.7 cm³/mol. The summed E-state index contributed by atoms with van der Waals surface area (Å²) in [5.74, 6) is -0.0916. The fraction of sp³-hybridized carbons (Fsp3) is 0.333. The summed E-state index contributed by atoms with van der Waals surface area (Å²) in [6, 6.07) is 15.3. The van der Waals surface area contributed by atoms with E-state index in [1.807, 2.05) is 30.3 Å². The maximum Gasteiger partial charge on any atom is 0.251 e. The molecule has 0 radical (unpaired) electrons. The van der Waals surface area contributed by atoms with E-state index in [4.69, 9.17) is 0 Å². The van der Waals surface area contributed by atoms with Crippen LogP contribution >= 0.6 is 0 Å². The maximum atomic E-state index is 12.2. The Balaban J connectivity index is 1.44. The van der Waals surface area contributed by atoms with Gasteiger partial charge in [0.2, 0.25) is 5.91 Å². The van der Waals surface area contributed by atoms with Gasteiger partial charge in [-0.1, -0.05) is 30.3 Å². The van der Waals surface area contributed by atoms with Crippen molar-refractivity contribution in [1.82, 2.24) is 5.32 Å². The third kappa shape index (κ3) is 4.69. The lowest BCUT2D eigenvalue weighted by atomic mass is 9.90. The highest BCUT2D eigenvalue weighted by Gasteiger charge is 2.14. The van der Waals surface area contributed by atoms with Gasteiger partial charge in [0, 0.05) is 24.2 Å².